The summed E-state index contributed by atoms with van der Waals surface area (Å²) in [4.78, 5) is 0. The van der Waals surface area contributed by atoms with Crippen LogP contribution in [0.1, 0.15) is 20.3 Å². The van der Waals surface area contributed by atoms with Crippen molar-refractivity contribution >= 4 is 10.2 Å². The number of nitrogens with two attached hydrogens (primary N) is 1. The van der Waals surface area contributed by atoms with Crippen LogP contribution in [0.2, 0.25) is 0 Å². The highest BCUT2D eigenvalue weighted by Gasteiger charge is 2.29. The standard InChI is InChI=1S/C8H19N3O2S/c1-3-10-8-4-5-11(6-7(8)2)14(9,12)13/h7-8,10H,3-6H2,1-2H3,(H2,9,12,13). The summed E-state index contributed by atoms with van der Waals surface area (Å²) >= 11 is 0. The van der Waals surface area contributed by atoms with Gasteiger partial charge < -0.3 is 5.32 Å². The zero-order valence-electron chi connectivity index (χ0n) is 8.73. The molecular weight excluding hydrogens is 202 g/mol. The summed E-state index contributed by atoms with van der Waals surface area (Å²) in [6.45, 7) is 6.07. The summed E-state index contributed by atoms with van der Waals surface area (Å²) in [6, 6.07) is 0.415. The number of hydrogen-bond acceptors (Lipinski definition) is 3. The first kappa shape index (κ1) is 11.9. The predicted molar refractivity (Wildman–Crippen MR) is 55.9 cm³/mol. The molecular formula is C8H19N3O2S. The minimum atomic E-state index is -3.49. The fourth-order valence-electron chi connectivity index (χ4n) is 1.90. The lowest BCUT2D eigenvalue weighted by Crippen LogP contribution is -2.51. The van der Waals surface area contributed by atoms with Gasteiger partial charge in [-0.3, -0.25) is 0 Å². The van der Waals surface area contributed by atoms with Crippen LogP contribution in [-0.2, 0) is 10.2 Å². The van der Waals surface area contributed by atoms with Crippen molar-refractivity contribution in [2.45, 2.75) is 26.3 Å². The second-order valence-corrected chi connectivity index (χ2v) is 5.38. The van der Waals surface area contributed by atoms with E-state index >= 15 is 0 Å². The van der Waals surface area contributed by atoms with Gasteiger partial charge in [-0.1, -0.05) is 13.8 Å². The van der Waals surface area contributed by atoms with Crippen LogP contribution in [0, 0.1) is 5.92 Å². The molecule has 2 atom stereocenters. The highest BCUT2D eigenvalue weighted by molar-refractivity contribution is 7.86. The van der Waals surface area contributed by atoms with E-state index in [1.807, 2.05) is 6.92 Å². The van der Waals surface area contributed by atoms with Gasteiger partial charge in [0, 0.05) is 19.1 Å². The third kappa shape index (κ3) is 2.91. The third-order valence-corrected chi connectivity index (χ3v) is 3.75. The van der Waals surface area contributed by atoms with Crippen molar-refractivity contribution in [1.29, 1.82) is 0 Å². The quantitative estimate of drug-likeness (QED) is 0.675. The van der Waals surface area contributed by atoms with Crippen molar-refractivity contribution in [3.05, 3.63) is 0 Å². The number of rotatable bonds is 3. The average Bonchev–Trinajstić information content (AvgIpc) is 2.07. The van der Waals surface area contributed by atoms with Gasteiger partial charge >= 0.3 is 0 Å². The van der Waals surface area contributed by atoms with Crippen molar-refractivity contribution in [2.75, 3.05) is 19.6 Å². The van der Waals surface area contributed by atoms with E-state index in [1.165, 1.54) is 4.31 Å². The van der Waals surface area contributed by atoms with Crippen LogP contribution < -0.4 is 10.5 Å². The zero-order valence-corrected chi connectivity index (χ0v) is 9.55. The van der Waals surface area contributed by atoms with Gasteiger partial charge in [0.1, 0.15) is 0 Å². The highest BCUT2D eigenvalue weighted by Crippen LogP contribution is 2.17. The minimum Gasteiger partial charge on any atom is -0.314 e. The van der Waals surface area contributed by atoms with E-state index in [9.17, 15) is 8.42 Å². The fourth-order valence-corrected chi connectivity index (χ4v) is 2.71. The second kappa shape index (κ2) is 4.57. The van der Waals surface area contributed by atoms with Crippen LogP contribution >= 0.6 is 0 Å². The van der Waals surface area contributed by atoms with Gasteiger partial charge in [0.2, 0.25) is 0 Å². The highest BCUT2D eigenvalue weighted by atomic mass is 32.2. The molecule has 3 N–H and O–H groups in total. The molecule has 1 saturated heterocycles. The van der Waals surface area contributed by atoms with Gasteiger partial charge in [0.15, 0.2) is 0 Å². The Morgan fingerprint density at radius 2 is 2.21 bits per heavy atom. The van der Waals surface area contributed by atoms with Crippen LogP contribution in [-0.4, -0.2) is 38.4 Å². The summed E-state index contributed by atoms with van der Waals surface area (Å²) in [5.41, 5.74) is 0. The Labute approximate surface area is 85.8 Å². The van der Waals surface area contributed by atoms with Crippen molar-refractivity contribution < 1.29 is 8.42 Å². The Morgan fingerprint density at radius 1 is 1.57 bits per heavy atom. The molecule has 1 rings (SSSR count). The Kier molecular flexibility index (Phi) is 3.88. The lowest BCUT2D eigenvalue weighted by molar-refractivity contribution is 0.222. The van der Waals surface area contributed by atoms with Gasteiger partial charge in [-0.05, 0) is 18.9 Å². The van der Waals surface area contributed by atoms with E-state index in [0.717, 1.165) is 13.0 Å². The first-order valence-corrected chi connectivity index (χ1v) is 6.46. The van der Waals surface area contributed by atoms with E-state index in [1.54, 1.807) is 0 Å². The maximum absolute atomic E-state index is 11.1. The molecule has 0 aliphatic carbocycles. The van der Waals surface area contributed by atoms with Crippen molar-refractivity contribution in [3.8, 4) is 0 Å². The summed E-state index contributed by atoms with van der Waals surface area (Å²) < 4.78 is 23.5. The zero-order chi connectivity index (χ0) is 10.8. The molecule has 5 nitrogen and oxygen atoms in total. The van der Waals surface area contributed by atoms with Crippen molar-refractivity contribution in [2.24, 2.45) is 11.1 Å². The van der Waals surface area contributed by atoms with Crippen LogP contribution in [0.25, 0.3) is 0 Å². The van der Waals surface area contributed by atoms with Crippen LogP contribution in [0.15, 0.2) is 0 Å². The molecule has 1 aliphatic heterocycles. The summed E-state index contributed by atoms with van der Waals surface area (Å²) in [5.74, 6) is 0.321. The van der Waals surface area contributed by atoms with Crippen LogP contribution in [0.4, 0.5) is 0 Å². The Bertz CT molecular complexity index is 278. The van der Waals surface area contributed by atoms with Crippen LogP contribution in [0.5, 0.6) is 0 Å². The molecule has 6 heteroatoms. The van der Waals surface area contributed by atoms with Crippen molar-refractivity contribution in [3.63, 3.8) is 0 Å². The van der Waals surface area contributed by atoms with Gasteiger partial charge in [-0.25, -0.2) is 5.14 Å². The topological polar surface area (TPSA) is 75.4 Å². The monoisotopic (exact) mass is 221 g/mol. The lowest BCUT2D eigenvalue weighted by atomic mass is 9.95. The third-order valence-electron chi connectivity index (χ3n) is 2.69. The molecule has 1 aliphatic rings. The lowest BCUT2D eigenvalue weighted by Gasteiger charge is -2.35. The largest absolute Gasteiger partial charge is 0.314 e. The first-order valence-electron chi connectivity index (χ1n) is 4.96. The smallest absolute Gasteiger partial charge is 0.276 e. The molecule has 84 valence electrons. The molecule has 1 fully saturated rings. The summed E-state index contributed by atoms with van der Waals surface area (Å²) in [5, 5.41) is 8.41. The molecule has 0 bridgehead atoms. The Morgan fingerprint density at radius 3 is 2.64 bits per heavy atom. The Balaban J connectivity index is 2.55. The summed E-state index contributed by atoms with van der Waals surface area (Å²) in [7, 11) is -3.49. The normalized spacial score (nSPS) is 30.5. The van der Waals surface area contributed by atoms with Crippen LogP contribution in [0.3, 0.4) is 0 Å². The molecule has 0 amide bonds. The maximum atomic E-state index is 11.1. The minimum absolute atomic E-state index is 0.321. The van der Waals surface area contributed by atoms with E-state index in [-0.39, 0.29) is 0 Å². The molecule has 0 aromatic heterocycles. The van der Waals surface area contributed by atoms with E-state index in [0.29, 0.717) is 25.0 Å². The average molecular weight is 221 g/mol. The maximum Gasteiger partial charge on any atom is 0.276 e. The van der Waals surface area contributed by atoms with Crippen molar-refractivity contribution in [1.82, 2.24) is 9.62 Å². The van der Waals surface area contributed by atoms with Gasteiger partial charge in [0.05, 0.1) is 0 Å². The van der Waals surface area contributed by atoms with E-state index < -0.39 is 10.2 Å². The molecule has 14 heavy (non-hydrogen) atoms. The molecule has 1 heterocycles. The van der Waals surface area contributed by atoms with Gasteiger partial charge in [-0.2, -0.15) is 12.7 Å². The second-order valence-electron chi connectivity index (χ2n) is 3.83. The molecule has 2 unspecified atom stereocenters. The van der Waals surface area contributed by atoms with Gasteiger partial charge in [0.25, 0.3) is 10.2 Å². The molecule has 0 saturated carbocycles. The molecule has 0 spiro atoms. The number of piperidine rings is 1. The van der Waals surface area contributed by atoms with E-state index in [4.69, 9.17) is 5.14 Å². The number of nitrogens with zero attached hydrogens (tertiary/aromatic N) is 1. The fraction of sp³-hybridized carbons (Fsp3) is 1.00. The first-order chi connectivity index (χ1) is 6.45. The SMILES string of the molecule is CCNC1CCN(S(N)(=O)=O)CC1C. The predicted octanol–water partition coefficient (Wildman–Crippen LogP) is -0.490. The van der Waals surface area contributed by atoms with Gasteiger partial charge in [-0.15, -0.1) is 0 Å². The molecule has 0 radical (unpaired) electrons. The Hall–Kier alpha value is -0.170. The van der Waals surface area contributed by atoms with E-state index in [2.05, 4.69) is 12.2 Å². The number of nitrogens with one attached hydrogen (secondary N) is 1. The summed E-state index contributed by atoms with van der Waals surface area (Å²) in [6.07, 6.45) is 0.839. The molecule has 0 aromatic carbocycles. The molecule has 0 aromatic rings. The number of hydrogen-bond donors (Lipinski definition) is 2.